The third kappa shape index (κ3) is 3.31. The van der Waals surface area contributed by atoms with E-state index in [4.69, 9.17) is 4.74 Å². The maximum Gasteiger partial charge on any atom is 0.163 e. The second-order valence-electron chi connectivity index (χ2n) is 5.85. The van der Waals surface area contributed by atoms with Gasteiger partial charge in [-0.15, -0.1) is 0 Å². The summed E-state index contributed by atoms with van der Waals surface area (Å²) in [4.78, 5) is 16.4. The minimum absolute atomic E-state index is 0.0764. The molecule has 5 heteroatoms. The molecule has 2 aromatic carbocycles. The number of nitrogens with zero attached hydrogens (tertiary/aromatic N) is 1. The van der Waals surface area contributed by atoms with Crippen LogP contribution in [-0.4, -0.2) is 24.9 Å². The summed E-state index contributed by atoms with van der Waals surface area (Å²) in [6, 6.07) is 10.2. The van der Waals surface area contributed by atoms with Crippen molar-refractivity contribution in [2.24, 2.45) is 0 Å². The molecule has 25 heavy (non-hydrogen) atoms. The van der Waals surface area contributed by atoms with Gasteiger partial charge in [0.25, 0.3) is 0 Å². The standard InChI is InChI=1S/C20H19FN2O2/c1-12(24)16-10-18(22-2)17-9-14(11-23-19(17)20(16)25-3)8-13-4-6-15(21)7-5-13/h4-7,9-11,22H,8H2,1-3H3. The first-order chi connectivity index (χ1) is 12.0. The quantitative estimate of drug-likeness (QED) is 0.708. The highest BCUT2D eigenvalue weighted by Crippen LogP contribution is 2.35. The lowest BCUT2D eigenvalue weighted by Gasteiger charge is -2.14. The number of hydrogen-bond donors (Lipinski definition) is 1. The normalized spacial score (nSPS) is 10.7. The fourth-order valence-corrected chi connectivity index (χ4v) is 2.92. The molecule has 0 aliphatic rings. The van der Waals surface area contributed by atoms with Crippen molar-refractivity contribution >= 4 is 22.4 Å². The fourth-order valence-electron chi connectivity index (χ4n) is 2.92. The minimum Gasteiger partial charge on any atom is -0.494 e. The first-order valence-corrected chi connectivity index (χ1v) is 7.96. The van der Waals surface area contributed by atoms with Gasteiger partial charge in [-0.2, -0.15) is 0 Å². The van der Waals surface area contributed by atoms with E-state index in [0.29, 0.717) is 23.3 Å². The Labute approximate surface area is 145 Å². The van der Waals surface area contributed by atoms with Gasteiger partial charge in [-0.3, -0.25) is 9.78 Å². The maximum atomic E-state index is 13.1. The number of pyridine rings is 1. The van der Waals surface area contributed by atoms with Gasteiger partial charge in [0.2, 0.25) is 0 Å². The Bertz CT molecular complexity index is 937. The SMILES string of the molecule is CNc1cc(C(C)=O)c(OC)c2ncc(Cc3ccc(F)cc3)cc12. The Morgan fingerprint density at radius 1 is 1.20 bits per heavy atom. The number of Topliss-reactive ketones (excluding diaryl/α,β-unsaturated/α-hetero) is 1. The number of rotatable bonds is 5. The summed E-state index contributed by atoms with van der Waals surface area (Å²) in [5.74, 6) is 0.154. The predicted octanol–water partition coefficient (Wildman–Crippen LogP) is 4.22. The van der Waals surface area contributed by atoms with E-state index in [9.17, 15) is 9.18 Å². The van der Waals surface area contributed by atoms with Crippen LogP contribution in [0.3, 0.4) is 0 Å². The number of hydrogen-bond acceptors (Lipinski definition) is 4. The smallest absolute Gasteiger partial charge is 0.163 e. The summed E-state index contributed by atoms with van der Waals surface area (Å²) in [6.45, 7) is 1.51. The number of anilines is 1. The van der Waals surface area contributed by atoms with E-state index >= 15 is 0 Å². The Hall–Kier alpha value is -2.95. The molecule has 0 saturated heterocycles. The molecule has 1 heterocycles. The average Bonchev–Trinajstić information content (AvgIpc) is 2.62. The fraction of sp³-hybridized carbons (Fsp3) is 0.200. The maximum absolute atomic E-state index is 13.1. The molecule has 0 unspecified atom stereocenters. The van der Waals surface area contributed by atoms with Crippen LogP contribution in [0.25, 0.3) is 10.9 Å². The molecule has 0 radical (unpaired) electrons. The molecule has 128 valence electrons. The molecule has 3 aromatic rings. The summed E-state index contributed by atoms with van der Waals surface area (Å²) in [6.07, 6.45) is 2.40. The number of benzene rings is 2. The number of carbonyl (C=O) groups is 1. The molecular weight excluding hydrogens is 319 g/mol. The Morgan fingerprint density at radius 2 is 1.92 bits per heavy atom. The van der Waals surface area contributed by atoms with E-state index in [1.165, 1.54) is 26.2 Å². The lowest BCUT2D eigenvalue weighted by atomic mass is 10.0. The number of aromatic nitrogens is 1. The average molecular weight is 338 g/mol. The van der Waals surface area contributed by atoms with E-state index < -0.39 is 0 Å². The largest absolute Gasteiger partial charge is 0.494 e. The van der Waals surface area contributed by atoms with E-state index in [0.717, 1.165) is 22.2 Å². The highest BCUT2D eigenvalue weighted by Gasteiger charge is 2.17. The molecule has 0 fully saturated rings. The molecule has 0 aliphatic heterocycles. The number of carbonyl (C=O) groups excluding carboxylic acids is 1. The van der Waals surface area contributed by atoms with Crippen LogP contribution in [-0.2, 0) is 6.42 Å². The summed E-state index contributed by atoms with van der Waals surface area (Å²) in [7, 11) is 3.34. The van der Waals surface area contributed by atoms with Gasteiger partial charge in [0.15, 0.2) is 11.5 Å². The van der Waals surface area contributed by atoms with Gasteiger partial charge in [-0.1, -0.05) is 12.1 Å². The molecule has 0 aliphatic carbocycles. The van der Waals surface area contributed by atoms with E-state index in [1.54, 1.807) is 31.4 Å². The summed E-state index contributed by atoms with van der Waals surface area (Å²) in [5, 5.41) is 4.00. The monoisotopic (exact) mass is 338 g/mol. The van der Waals surface area contributed by atoms with Gasteiger partial charge in [-0.05, 0) is 48.7 Å². The number of nitrogens with one attached hydrogen (secondary N) is 1. The number of ether oxygens (including phenoxy) is 1. The topological polar surface area (TPSA) is 51.2 Å². The van der Waals surface area contributed by atoms with Gasteiger partial charge in [-0.25, -0.2) is 4.39 Å². The van der Waals surface area contributed by atoms with Crippen LogP contribution in [0.4, 0.5) is 10.1 Å². The van der Waals surface area contributed by atoms with Crippen LogP contribution in [0.5, 0.6) is 5.75 Å². The molecule has 0 amide bonds. The van der Waals surface area contributed by atoms with Crippen molar-refractivity contribution in [3.63, 3.8) is 0 Å². The van der Waals surface area contributed by atoms with Crippen LogP contribution in [0.15, 0.2) is 42.6 Å². The third-order valence-electron chi connectivity index (χ3n) is 4.16. The van der Waals surface area contributed by atoms with Crippen molar-refractivity contribution in [2.75, 3.05) is 19.5 Å². The number of fused-ring (bicyclic) bond motifs is 1. The first kappa shape index (κ1) is 16.9. The van der Waals surface area contributed by atoms with Gasteiger partial charge in [0.1, 0.15) is 11.3 Å². The summed E-state index contributed by atoms with van der Waals surface area (Å²) >= 11 is 0. The Morgan fingerprint density at radius 3 is 2.52 bits per heavy atom. The van der Waals surface area contributed by atoms with E-state index in [2.05, 4.69) is 10.3 Å². The number of halogens is 1. The molecular formula is C20H19FN2O2. The van der Waals surface area contributed by atoms with E-state index in [1.807, 2.05) is 6.07 Å². The predicted molar refractivity (Wildman–Crippen MR) is 97.1 cm³/mol. The first-order valence-electron chi connectivity index (χ1n) is 7.96. The van der Waals surface area contributed by atoms with Crippen molar-refractivity contribution in [2.45, 2.75) is 13.3 Å². The zero-order valence-electron chi connectivity index (χ0n) is 14.4. The van der Waals surface area contributed by atoms with Crippen LogP contribution in [0, 0.1) is 5.82 Å². The molecule has 0 atom stereocenters. The van der Waals surface area contributed by atoms with Gasteiger partial charge < -0.3 is 10.1 Å². The van der Waals surface area contributed by atoms with Gasteiger partial charge in [0.05, 0.1) is 12.7 Å². The van der Waals surface area contributed by atoms with E-state index in [-0.39, 0.29) is 11.6 Å². The van der Waals surface area contributed by atoms with Crippen molar-refractivity contribution in [1.82, 2.24) is 4.98 Å². The lowest BCUT2D eigenvalue weighted by molar-refractivity contribution is 0.101. The van der Waals surface area contributed by atoms with Gasteiger partial charge in [0, 0.05) is 24.3 Å². The Balaban J connectivity index is 2.11. The van der Waals surface area contributed by atoms with Crippen LogP contribution in [0.1, 0.15) is 28.4 Å². The van der Waals surface area contributed by atoms with Crippen LogP contribution in [0.2, 0.25) is 0 Å². The molecule has 0 spiro atoms. The van der Waals surface area contributed by atoms with Gasteiger partial charge >= 0.3 is 0 Å². The van der Waals surface area contributed by atoms with Crippen molar-refractivity contribution < 1.29 is 13.9 Å². The Kier molecular flexibility index (Phi) is 4.65. The second kappa shape index (κ2) is 6.89. The number of methoxy groups -OCH3 is 1. The zero-order valence-corrected chi connectivity index (χ0v) is 14.4. The molecule has 1 aromatic heterocycles. The lowest BCUT2D eigenvalue weighted by Crippen LogP contribution is -2.03. The third-order valence-corrected chi connectivity index (χ3v) is 4.16. The highest BCUT2D eigenvalue weighted by molar-refractivity contribution is 6.07. The second-order valence-corrected chi connectivity index (χ2v) is 5.85. The highest BCUT2D eigenvalue weighted by atomic mass is 19.1. The molecule has 3 rings (SSSR count). The van der Waals surface area contributed by atoms with Crippen molar-refractivity contribution in [1.29, 1.82) is 0 Å². The summed E-state index contributed by atoms with van der Waals surface area (Å²) in [5.41, 5.74) is 3.95. The summed E-state index contributed by atoms with van der Waals surface area (Å²) < 4.78 is 18.5. The molecule has 4 nitrogen and oxygen atoms in total. The number of ketones is 1. The molecule has 0 saturated carbocycles. The van der Waals surface area contributed by atoms with Crippen LogP contribution < -0.4 is 10.1 Å². The zero-order chi connectivity index (χ0) is 18.0. The van der Waals surface area contributed by atoms with Crippen molar-refractivity contribution in [3.05, 3.63) is 65.1 Å². The molecule has 1 N–H and O–H groups in total. The molecule has 0 bridgehead atoms. The van der Waals surface area contributed by atoms with Crippen molar-refractivity contribution in [3.8, 4) is 5.75 Å². The minimum atomic E-state index is -0.251. The van der Waals surface area contributed by atoms with Crippen LogP contribution >= 0.6 is 0 Å².